The molecule has 0 aliphatic carbocycles. The Morgan fingerprint density at radius 1 is 1.22 bits per heavy atom. The minimum atomic E-state index is 0.602. The van der Waals surface area contributed by atoms with Crippen molar-refractivity contribution in [1.29, 1.82) is 0 Å². The lowest BCUT2D eigenvalue weighted by molar-refractivity contribution is 0.112. The molecule has 1 aromatic rings. The number of hydrogen-bond donors (Lipinski definition) is 0. The topological polar surface area (TPSA) is 26.3 Å². The van der Waals surface area contributed by atoms with Crippen LogP contribution in [0.2, 0.25) is 0 Å². The highest BCUT2D eigenvalue weighted by molar-refractivity contribution is 5.80. The molecule has 0 atom stereocenters. The fraction of sp³-hybridized carbons (Fsp3) is 0.438. The summed E-state index contributed by atoms with van der Waals surface area (Å²) in [5.74, 6) is 0.630. The average molecular weight is 246 g/mol. The van der Waals surface area contributed by atoms with Crippen LogP contribution in [0.3, 0.4) is 0 Å². The zero-order chi connectivity index (χ0) is 13.2. The van der Waals surface area contributed by atoms with Gasteiger partial charge in [0.2, 0.25) is 0 Å². The van der Waals surface area contributed by atoms with Crippen LogP contribution in [-0.2, 0) is 0 Å². The van der Waals surface area contributed by atoms with Gasteiger partial charge in [-0.3, -0.25) is 4.79 Å². The van der Waals surface area contributed by atoms with E-state index in [1.165, 1.54) is 25.7 Å². The predicted molar refractivity (Wildman–Crippen MR) is 76.2 cm³/mol. The van der Waals surface area contributed by atoms with Crippen LogP contribution in [-0.4, -0.2) is 13.4 Å². The normalized spacial score (nSPS) is 10.8. The minimum absolute atomic E-state index is 0.602. The summed E-state index contributed by atoms with van der Waals surface area (Å²) < 4.78 is 5.11. The smallest absolute Gasteiger partial charge is 0.153 e. The first kappa shape index (κ1) is 14.5. The molecule has 0 amide bonds. The van der Waals surface area contributed by atoms with E-state index in [9.17, 15) is 4.79 Å². The van der Waals surface area contributed by atoms with E-state index in [1.54, 1.807) is 7.11 Å². The maximum absolute atomic E-state index is 10.9. The summed E-state index contributed by atoms with van der Waals surface area (Å²) in [5.41, 5.74) is 1.65. The molecule has 1 rings (SSSR count). The SMILES string of the molecule is CCCCCC/C=C/c1ccc(OC)c(C=O)c1. The molecule has 0 bridgehead atoms. The van der Waals surface area contributed by atoms with Gasteiger partial charge in [0, 0.05) is 0 Å². The first-order valence-corrected chi connectivity index (χ1v) is 6.61. The molecule has 0 radical (unpaired) electrons. The van der Waals surface area contributed by atoms with Gasteiger partial charge < -0.3 is 4.74 Å². The highest BCUT2D eigenvalue weighted by Crippen LogP contribution is 2.19. The molecule has 2 nitrogen and oxygen atoms in total. The van der Waals surface area contributed by atoms with Gasteiger partial charge in [-0.2, -0.15) is 0 Å². The summed E-state index contributed by atoms with van der Waals surface area (Å²) in [7, 11) is 1.57. The van der Waals surface area contributed by atoms with Crippen molar-refractivity contribution in [3.8, 4) is 5.75 Å². The maximum Gasteiger partial charge on any atom is 0.153 e. The van der Waals surface area contributed by atoms with Crippen molar-refractivity contribution in [2.24, 2.45) is 0 Å². The third-order valence-electron chi connectivity index (χ3n) is 2.92. The van der Waals surface area contributed by atoms with E-state index in [-0.39, 0.29) is 0 Å². The molecule has 0 saturated heterocycles. The number of allylic oxidation sites excluding steroid dienone is 1. The van der Waals surface area contributed by atoms with E-state index in [2.05, 4.69) is 19.1 Å². The van der Waals surface area contributed by atoms with Gasteiger partial charge >= 0.3 is 0 Å². The molecule has 0 unspecified atom stereocenters. The van der Waals surface area contributed by atoms with Crippen molar-refractivity contribution in [3.63, 3.8) is 0 Å². The number of ether oxygens (including phenoxy) is 1. The number of rotatable bonds is 8. The van der Waals surface area contributed by atoms with E-state index >= 15 is 0 Å². The first-order valence-electron chi connectivity index (χ1n) is 6.61. The van der Waals surface area contributed by atoms with Gasteiger partial charge in [0.05, 0.1) is 12.7 Å². The summed E-state index contributed by atoms with van der Waals surface area (Å²) in [6.45, 7) is 2.22. The molecule has 2 heteroatoms. The maximum atomic E-state index is 10.9. The molecule has 18 heavy (non-hydrogen) atoms. The molecule has 0 aliphatic rings. The number of aldehydes is 1. The Bertz CT molecular complexity index is 394. The average Bonchev–Trinajstić information content (AvgIpc) is 2.42. The number of methoxy groups -OCH3 is 1. The van der Waals surface area contributed by atoms with Crippen LogP contribution in [0.4, 0.5) is 0 Å². The fourth-order valence-corrected chi connectivity index (χ4v) is 1.86. The number of benzene rings is 1. The molecule has 0 aliphatic heterocycles. The third-order valence-corrected chi connectivity index (χ3v) is 2.92. The standard InChI is InChI=1S/C16H22O2/c1-3-4-5-6-7-8-9-14-10-11-16(18-2)15(12-14)13-17/h8-13H,3-7H2,1-2H3/b9-8+. The molecule has 1 aromatic carbocycles. The van der Waals surface area contributed by atoms with Crippen molar-refractivity contribution >= 4 is 12.4 Å². The van der Waals surface area contributed by atoms with Crippen molar-refractivity contribution in [1.82, 2.24) is 0 Å². The van der Waals surface area contributed by atoms with Crippen LogP contribution in [0, 0.1) is 0 Å². The molecule has 0 spiro atoms. The van der Waals surface area contributed by atoms with E-state index in [4.69, 9.17) is 4.74 Å². The van der Waals surface area contributed by atoms with E-state index in [0.29, 0.717) is 11.3 Å². The Balaban J connectivity index is 2.51. The zero-order valence-electron chi connectivity index (χ0n) is 11.3. The number of hydrogen-bond acceptors (Lipinski definition) is 2. The summed E-state index contributed by atoms with van der Waals surface area (Å²) in [5, 5.41) is 0. The van der Waals surface area contributed by atoms with Crippen LogP contribution >= 0.6 is 0 Å². The monoisotopic (exact) mass is 246 g/mol. The van der Waals surface area contributed by atoms with Crippen LogP contribution in [0.25, 0.3) is 6.08 Å². The Kier molecular flexibility index (Phi) is 6.85. The second kappa shape index (κ2) is 8.51. The number of unbranched alkanes of at least 4 members (excludes halogenated alkanes) is 4. The van der Waals surface area contributed by atoms with Gasteiger partial charge in [0.15, 0.2) is 6.29 Å². The molecule has 0 aromatic heterocycles. The lowest BCUT2D eigenvalue weighted by atomic mass is 10.1. The molecule has 0 fully saturated rings. The summed E-state index contributed by atoms with van der Waals surface area (Å²) in [4.78, 5) is 10.9. The fourth-order valence-electron chi connectivity index (χ4n) is 1.86. The quantitative estimate of drug-likeness (QED) is 0.499. The summed E-state index contributed by atoms with van der Waals surface area (Å²) in [6, 6.07) is 5.66. The Hall–Kier alpha value is -1.57. The van der Waals surface area contributed by atoms with Gasteiger partial charge in [-0.1, -0.05) is 44.4 Å². The zero-order valence-corrected chi connectivity index (χ0v) is 11.3. The molecular formula is C16H22O2. The van der Waals surface area contributed by atoms with Gasteiger partial charge in [-0.15, -0.1) is 0 Å². The van der Waals surface area contributed by atoms with Crippen LogP contribution in [0.5, 0.6) is 5.75 Å². The second-order valence-electron chi connectivity index (χ2n) is 4.37. The number of carbonyl (C=O) groups excluding carboxylic acids is 1. The summed E-state index contributed by atoms with van der Waals surface area (Å²) >= 11 is 0. The van der Waals surface area contributed by atoms with Crippen molar-refractivity contribution in [3.05, 3.63) is 35.4 Å². The van der Waals surface area contributed by atoms with Gasteiger partial charge in [-0.25, -0.2) is 0 Å². The van der Waals surface area contributed by atoms with E-state index < -0.39 is 0 Å². The molecular weight excluding hydrogens is 224 g/mol. The Morgan fingerprint density at radius 3 is 2.72 bits per heavy atom. The molecule has 0 saturated carbocycles. The second-order valence-corrected chi connectivity index (χ2v) is 4.37. The molecule has 98 valence electrons. The lowest BCUT2D eigenvalue weighted by Gasteiger charge is -2.03. The van der Waals surface area contributed by atoms with Gasteiger partial charge in [-0.05, 0) is 30.5 Å². The minimum Gasteiger partial charge on any atom is -0.496 e. The van der Waals surface area contributed by atoms with Crippen LogP contribution in [0.1, 0.15) is 54.9 Å². The molecule has 0 heterocycles. The highest BCUT2D eigenvalue weighted by Gasteiger charge is 2.01. The lowest BCUT2D eigenvalue weighted by Crippen LogP contribution is -1.90. The van der Waals surface area contributed by atoms with Gasteiger partial charge in [0.25, 0.3) is 0 Å². The van der Waals surface area contributed by atoms with Gasteiger partial charge in [0.1, 0.15) is 5.75 Å². The highest BCUT2D eigenvalue weighted by atomic mass is 16.5. The first-order chi connectivity index (χ1) is 8.81. The summed E-state index contributed by atoms with van der Waals surface area (Å²) in [6.07, 6.45) is 11.3. The van der Waals surface area contributed by atoms with Crippen molar-refractivity contribution in [2.75, 3.05) is 7.11 Å². The van der Waals surface area contributed by atoms with Crippen molar-refractivity contribution < 1.29 is 9.53 Å². The Labute approximate surface area is 110 Å². The number of carbonyl (C=O) groups is 1. The van der Waals surface area contributed by atoms with Crippen LogP contribution in [0.15, 0.2) is 24.3 Å². The van der Waals surface area contributed by atoms with Crippen molar-refractivity contribution in [2.45, 2.75) is 39.0 Å². The van der Waals surface area contributed by atoms with E-state index in [0.717, 1.165) is 18.3 Å². The van der Waals surface area contributed by atoms with E-state index in [1.807, 2.05) is 18.2 Å². The largest absolute Gasteiger partial charge is 0.496 e. The predicted octanol–water partition coefficient (Wildman–Crippen LogP) is 4.49. The molecule has 0 N–H and O–H groups in total. The Morgan fingerprint density at radius 2 is 2.06 bits per heavy atom. The third kappa shape index (κ3) is 4.74. The van der Waals surface area contributed by atoms with Crippen LogP contribution < -0.4 is 4.74 Å².